The lowest BCUT2D eigenvalue weighted by Gasteiger charge is -2.21. The van der Waals surface area contributed by atoms with E-state index in [9.17, 15) is 4.79 Å². The molecule has 1 aliphatic carbocycles. The highest BCUT2D eigenvalue weighted by atomic mass is 32.2. The van der Waals surface area contributed by atoms with Crippen LogP contribution in [0.5, 0.6) is 11.5 Å². The van der Waals surface area contributed by atoms with Crippen LogP contribution in [-0.2, 0) is 24.2 Å². The molecule has 1 aromatic carbocycles. The van der Waals surface area contributed by atoms with Gasteiger partial charge in [0.25, 0.3) is 0 Å². The van der Waals surface area contributed by atoms with Crippen molar-refractivity contribution < 1.29 is 14.3 Å². The van der Waals surface area contributed by atoms with Gasteiger partial charge in [0.05, 0.1) is 11.1 Å². The number of anilines is 1. The zero-order chi connectivity index (χ0) is 22.2. The molecule has 0 fully saturated rings. The van der Waals surface area contributed by atoms with Crippen molar-refractivity contribution in [3.05, 3.63) is 34.2 Å². The third-order valence-corrected chi connectivity index (χ3v) is 7.92. The van der Waals surface area contributed by atoms with E-state index in [0.717, 1.165) is 40.1 Å². The summed E-state index contributed by atoms with van der Waals surface area (Å²) >= 11 is 3.06. The van der Waals surface area contributed by atoms with Crippen molar-refractivity contribution >= 4 is 45.0 Å². The summed E-state index contributed by atoms with van der Waals surface area (Å²) in [6, 6.07) is 5.79. The Balaban J connectivity index is 1.24. The van der Waals surface area contributed by atoms with Gasteiger partial charge in [0.15, 0.2) is 16.7 Å². The van der Waals surface area contributed by atoms with Crippen LogP contribution in [-0.4, -0.2) is 46.8 Å². The van der Waals surface area contributed by atoms with Crippen molar-refractivity contribution in [3.63, 3.8) is 0 Å². The number of ether oxygens (including phenoxy) is 2. The SMILES string of the molecule is CC1CCc2c(sc3nc(SCC(=O)N(C)Cc4ccc5c(c4)OCCO5)nc(N)c23)C1. The third kappa shape index (κ3) is 4.23. The van der Waals surface area contributed by atoms with Crippen LogP contribution < -0.4 is 15.2 Å². The molecule has 1 unspecified atom stereocenters. The second-order valence-electron chi connectivity index (χ2n) is 8.44. The van der Waals surface area contributed by atoms with Gasteiger partial charge in [0.2, 0.25) is 5.91 Å². The molecule has 0 bridgehead atoms. The molecule has 0 saturated carbocycles. The van der Waals surface area contributed by atoms with E-state index in [1.54, 1.807) is 23.3 Å². The Kier molecular flexibility index (Phi) is 5.86. The average molecular weight is 471 g/mol. The standard InChI is InChI=1S/C23H26N4O3S2/c1-13-3-5-15-18(9-13)32-22-20(15)21(24)25-23(26-22)31-12-19(28)27(2)11-14-4-6-16-17(10-14)30-8-7-29-16/h4,6,10,13H,3,5,7-9,11-12H2,1-2H3,(H2,24,25,26). The minimum atomic E-state index is 0.00598. The number of aromatic nitrogens is 2. The molecule has 1 amide bonds. The largest absolute Gasteiger partial charge is 0.486 e. The topological polar surface area (TPSA) is 90.6 Å². The van der Waals surface area contributed by atoms with Gasteiger partial charge in [0, 0.05) is 18.5 Å². The number of nitrogen functional groups attached to an aromatic ring is 1. The number of rotatable bonds is 5. The number of hydrogen-bond acceptors (Lipinski definition) is 8. The predicted octanol–water partition coefficient (Wildman–Crippen LogP) is 3.92. The first-order valence-electron chi connectivity index (χ1n) is 10.8. The molecule has 9 heteroatoms. The van der Waals surface area contributed by atoms with Crippen LogP contribution in [0.4, 0.5) is 5.82 Å². The second-order valence-corrected chi connectivity index (χ2v) is 10.5. The second kappa shape index (κ2) is 8.78. The summed E-state index contributed by atoms with van der Waals surface area (Å²) in [5, 5.41) is 1.58. The predicted molar refractivity (Wildman–Crippen MR) is 128 cm³/mol. The fourth-order valence-electron chi connectivity index (χ4n) is 4.20. The lowest BCUT2D eigenvalue weighted by atomic mass is 9.89. The molecule has 0 radical (unpaired) electrons. The normalized spacial score (nSPS) is 17.2. The minimum Gasteiger partial charge on any atom is -0.486 e. The Morgan fingerprint density at radius 2 is 2.09 bits per heavy atom. The Morgan fingerprint density at radius 3 is 2.94 bits per heavy atom. The van der Waals surface area contributed by atoms with Gasteiger partial charge in [0.1, 0.15) is 23.9 Å². The van der Waals surface area contributed by atoms with Gasteiger partial charge in [-0.25, -0.2) is 9.97 Å². The van der Waals surface area contributed by atoms with Crippen LogP contribution in [0.25, 0.3) is 10.2 Å². The Bertz CT molecular complexity index is 1180. The van der Waals surface area contributed by atoms with E-state index < -0.39 is 0 Å². The lowest BCUT2D eigenvalue weighted by Crippen LogP contribution is -2.28. The van der Waals surface area contributed by atoms with E-state index in [1.165, 1.54) is 28.6 Å². The third-order valence-electron chi connectivity index (χ3n) is 5.94. The molecule has 0 spiro atoms. The Labute approximate surface area is 195 Å². The summed E-state index contributed by atoms with van der Waals surface area (Å²) in [5.74, 6) is 2.97. The van der Waals surface area contributed by atoms with E-state index in [-0.39, 0.29) is 11.7 Å². The fourth-order valence-corrected chi connectivity index (χ4v) is 6.44. The molecule has 7 nitrogen and oxygen atoms in total. The molecule has 3 aromatic rings. The Morgan fingerprint density at radius 1 is 1.28 bits per heavy atom. The fraction of sp³-hybridized carbons (Fsp3) is 0.435. The molecule has 2 N–H and O–H groups in total. The molecule has 168 valence electrons. The van der Waals surface area contributed by atoms with Gasteiger partial charge in [-0.3, -0.25) is 4.79 Å². The Hall–Kier alpha value is -2.52. The summed E-state index contributed by atoms with van der Waals surface area (Å²) in [6.45, 7) is 3.89. The molecule has 1 aliphatic heterocycles. The van der Waals surface area contributed by atoms with Crippen molar-refractivity contribution in [2.24, 2.45) is 5.92 Å². The molecule has 32 heavy (non-hydrogen) atoms. The quantitative estimate of drug-likeness (QED) is 0.446. The number of thiophene rings is 1. The zero-order valence-corrected chi connectivity index (χ0v) is 19.9. The number of benzene rings is 1. The number of aryl methyl sites for hydroxylation is 1. The van der Waals surface area contributed by atoms with E-state index >= 15 is 0 Å². The number of nitrogens with zero attached hydrogens (tertiary/aromatic N) is 3. The highest BCUT2D eigenvalue weighted by Gasteiger charge is 2.23. The molecule has 2 aromatic heterocycles. The van der Waals surface area contributed by atoms with Crippen LogP contribution in [0.2, 0.25) is 0 Å². The van der Waals surface area contributed by atoms with Crippen LogP contribution in [0.15, 0.2) is 23.4 Å². The number of fused-ring (bicyclic) bond motifs is 4. The molecule has 5 rings (SSSR count). The van der Waals surface area contributed by atoms with Crippen LogP contribution in [0.1, 0.15) is 29.3 Å². The number of carbonyl (C=O) groups is 1. The van der Waals surface area contributed by atoms with Gasteiger partial charge in [-0.15, -0.1) is 11.3 Å². The maximum Gasteiger partial charge on any atom is 0.233 e. The van der Waals surface area contributed by atoms with E-state index in [2.05, 4.69) is 11.9 Å². The summed E-state index contributed by atoms with van der Waals surface area (Å²) in [7, 11) is 1.80. The number of hydrogen-bond donors (Lipinski definition) is 1. The van der Waals surface area contributed by atoms with Crippen LogP contribution in [0.3, 0.4) is 0 Å². The van der Waals surface area contributed by atoms with Gasteiger partial charge in [-0.05, 0) is 48.4 Å². The first-order chi connectivity index (χ1) is 15.5. The number of carbonyl (C=O) groups excluding carboxylic acids is 1. The maximum absolute atomic E-state index is 12.7. The molecule has 3 heterocycles. The van der Waals surface area contributed by atoms with Crippen molar-refractivity contribution in [2.45, 2.75) is 37.9 Å². The summed E-state index contributed by atoms with van der Waals surface area (Å²) in [5.41, 5.74) is 8.63. The molecular weight excluding hydrogens is 444 g/mol. The van der Waals surface area contributed by atoms with Crippen LogP contribution >= 0.6 is 23.1 Å². The van der Waals surface area contributed by atoms with Gasteiger partial charge in [-0.2, -0.15) is 0 Å². The molecule has 0 saturated heterocycles. The van der Waals surface area contributed by atoms with Crippen molar-refractivity contribution in [1.82, 2.24) is 14.9 Å². The van der Waals surface area contributed by atoms with Gasteiger partial charge >= 0.3 is 0 Å². The average Bonchev–Trinajstić information content (AvgIpc) is 3.15. The number of thioether (sulfide) groups is 1. The van der Waals surface area contributed by atoms with E-state index in [0.29, 0.717) is 36.7 Å². The van der Waals surface area contributed by atoms with Gasteiger partial charge in [-0.1, -0.05) is 24.8 Å². The van der Waals surface area contributed by atoms with Crippen molar-refractivity contribution in [2.75, 3.05) is 31.7 Å². The smallest absolute Gasteiger partial charge is 0.233 e. The highest BCUT2D eigenvalue weighted by Crippen LogP contribution is 2.40. The molecule has 2 aliphatic rings. The van der Waals surface area contributed by atoms with Crippen molar-refractivity contribution in [3.8, 4) is 11.5 Å². The summed E-state index contributed by atoms with van der Waals surface area (Å²) in [4.78, 5) is 26.0. The number of nitrogens with two attached hydrogens (primary N) is 1. The summed E-state index contributed by atoms with van der Waals surface area (Å²) < 4.78 is 11.2. The first kappa shape index (κ1) is 21.3. The summed E-state index contributed by atoms with van der Waals surface area (Å²) in [6.07, 6.45) is 3.31. The first-order valence-corrected chi connectivity index (χ1v) is 12.6. The lowest BCUT2D eigenvalue weighted by molar-refractivity contribution is -0.127. The number of amides is 1. The molecule has 1 atom stereocenters. The van der Waals surface area contributed by atoms with Crippen LogP contribution in [0, 0.1) is 5.92 Å². The maximum atomic E-state index is 12.7. The molecular formula is C23H26N4O3S2. The van der Waals surface area contributed by atoms with E-state index in [1.807, 2.05) is 18.2 Å². The monoisotopic (exact) mass is 470 g/mol. The van der Waals surface area contributed by atoms with Gasteiger partial charge < -0.3 is 20.1 Å². The minimum absolute atomic E-state index is 0.00598. The zero-order valence-electron chi connectivity index (χ0n) is 18.2. The van der Waals surface area contributed by atoms with Crippen molar-refractivity contribution in [1.29, 1.82) is 0 Å². The van der Waals surface area contributed by atoms with E-state index in [4.69, 9.17) is 20.2 Å². The highest BCUT2D eigenvalue weighted by molar-refractivity contribution is 7.99.